The van der Waals surface area contributed by atoms with Gasteiger partial charge in [-0.25, -0.2) is 13.8 Å². The van der Waals surface area contributed by atoms with Gasteiger partial charge in [0.15, 0.2) is 0 Å². The maximum Gasteiger partial charge on any atom is 0.128 e. The number of H-pyrrole nitrogens is 1. The van der Waals surface area contributed by atoms with Gasteiger partial charge in [-0.1, -0.05) is 6.92 Å². The molecule has 0 aliphatic heterocycles. The molecule has 96 valence electrons. The van der Waals surface area contributed by atoms with E-state index in [1.165, 1.54) is 6.07 Å². The van der Waals surface area contributed by atoms with Crippen molar-refractivity contribution in [2.24, 2.45) is 0 Å². The first kappa shape index (κ1) is 12.7. The third-order valence-corrected chi connectivity index (χ3v) is 2.66. The summed E-state index contributed by atoms with van der Waals surface area (Å²) in [5.41, 5.74) is 0.262. The number of aromatic amines is 1. The largest absolute Gasteiger partial charge is 0.347 e. The molecule has 0 saturated heterocycles. The maximum absolute atomic E-state index is 13.8. The molecule has 2 aromatic rings. The molecule has 1 aromatic heterocycles. The normalized spacial score (nSPS) is 12.6. The highest BCUT2D eigenvalue weighted by Gasteiger charge is 2.19. The van der Waals surface area contributed by atoms with Crippen LogP contribution in [0.3, 0.4) is 0 Å². The van der Waals surface area contributed by atoms with E-state index in [4.69, 9.17) is 0 Å². The highest BCUT2D eigenvalue weighted by atomic mass is 19.1. The third kappa shape index (κ3) is 2.73. The van der Waals surface area contributed by atoms with Gasteiger partial charge in [-0.2, -0.15) is 0 Å². The molecule has 0 bridgehead atoms. The van der Waals surface area contributed by atoms with Gasteiger partial charge in [-0.05, 0) is 31.2 Å². The first-order chi connectivity index (χ1) is 8.72. The standard InChI is InChI=1S/C13H15F2N3/c1-2-5-16-12(13-17-6-7-18-13)10-8-9(14)3-4-11(10)15/h3-4,6-8,12,16H,2,5H2,1H3,(H,17,18). The predicted octanol–water partition coefficient (Wildman–Crippen LogP) is 2.78. The first-order valence-electron chi connectivity index (χ1n) is 5.90. The van der Waals surface area contributed by atoms with Crippen LogP contribution in [0.1, 0.15) is 30.8 Å². The van der Waals surface area contributed by atoms with Gasteiger partial charge < -0.3 is 10.3 Å². The van der Waals surface area contributed by atoms with Crippen LogP contribution in [0.4, 0.5) is 8.78 Å². The summed E-state index contributed by atoms with van der Waals surface area (Å²) in [6.07, 6.45) is 4.15. The van der Waals surface area contributed by atoms with Crippen LogP contribution in [-0.4, -0.2) is 16.5 Å². The molecule has 0 saturated carbocycles. The minimum Gasteiger partial charge on any atom is -0.347 e. The van der Waals surface area contributed by atoms with Crippen molar-refractivity contribution in [3.63, 3.8) is 0 Å². The van der Waals surface area contributed by atoms with Crippen molar-refractivity contribution in [2.45, 2.75) is 19.4 Å². The zero-order valence-corrected chi connectivity index (χ0v) is 10.1. The molecule has 0 amide bonds. The monoisotopic (exact) mass is 251 g/mol. The van der Waals surface area contributed by atoms with Crippen LogP contribution < -0.4 is 5.32 Å². The highest BCUT2D eigenvalue weighted by Crippen LogP contribution is 2.22. The molecular formula is C13H15F2N3. The second kappa shape index (κ2) is 5.73. The second-order valence-electron chi connectivity index (χ2n) is 4.03. The number of nitrogens with one attached hydrogen (secondary N) is 2. The molecule has 18 heavy (non-hydrogen) atoms. The van der Waals surface area contributed by atoms with E-state index in [2.05, 4.69) is 15.3 Å². The Kier molecular flexibility index (Phi) is 4.04. The average Bonchev–Trinajstić information content (AvgIpc) is 2.88. The van der Waals surface area contributed by atoms with E-state index in [1.807, 2.05) is 6.92 Å². The van der Waals surface area contributed by atoms with Crippen LogP contribution in [-0.2, 0) is 0 Å². The molecule has 2 rings (SSSR count). The quantitative estimate of drug-likeness (QED) is 0.857. The van der Waals surface area contributed by atoms with E-state index in [0.717, 1.165) is 18.6 Å². The van der Waals surface area contributed by atoms with Gasteiger partial charge in [-0.3, -0.25) is 0 Å². The van der Waals surface area contributed by atoms with E-state index in [-0.39, 0.29) is 5.56 Å². The molecule has 0 radical (unpaired) electrons. The Balaban J connectivity index is 2.36. The van der Waals surface area contributed by atoms with Crippen LogP contribution in [0.15, 0.2) is 30.6 Å². The Hall–Kier alpha value is -1.75. The van der Waals surface area contributed by atoms with Crippen molar-refractivity contribution >= 4 is 0 Å². The van der Waals surface area contributed by atoms with Crippen LogP contribution in [0.2, 0.25) is 0 Å². The van der Waals surface area contributed by atoms with Crippen molar-refractivity contribution in [3.05, 3.63) is 53.6 Å². The van der Waals surface area contributed by atoms with Crippen molar-refractivity contribution in [2.75, 3.05) is 6.54 Å². The Bertz CT molecular complexity index is 497. The molecule has 1 unspecified atom stereocenters. The smallest absolute Gasteiger partial charge is 0.128 e. The van der Waals surface area contributed by atoms with Gasteiger partial charge in [0.25, 0.3) is 0 Å². The molecule has 0 fully saturated rings. The lowest BCUT2D eigenvalue weighted by Crippen LogP contribution is -2.25. The Morgan fingerprint density at radius 3 is 2.89 bits per heavy atom. The number of halogens is 2. The van der Waals surface area contributed by atoms with Crippen molar-refractivity contribution < 1.29 is 8.78 Å². The summed E-state index contributed by atoms with van der Waals surface area (Å²) in [5.74, 6) is -0.324. The summed E-state index contributed by atoms with van der Waals surface area (Å²) in [6, 6.07) is 2.98. The van der Waals surface area contributed by atoms with Gasteiger partial charge in [0.1, 0.15) is 17.5 Å². The molecule has 2 N–H and O–H groups in total. The second-order valence-corrected chi connectivity index (χ2v) is 4.03. The average molecular weight is 251 g/mol. The Morgan fingerprint density at radius 1 is 1.39 bits per heavy atom. The van der Waals surface area contributed by atoms with E-state index >= 15 is 0 Å². The van der Waals surface area contributed by atoms with Crippen LogP contribution in [0.25, 0.3) is 0 Å². The highest BCUT2D eigenvalue weighted by molar-refractivity contribution is 5.27. The summed E-state index contributed by atoms with van der Waals surface area (Å²) >= 11 is 0. The van der Waals surface area contributed by atoms with Crippen LogP contribution in [0.5, 0.6) is 0 Å². The summed E-state index contributed by atoms with van der Waals surface area (Å²) in [6.45, 7) is 2.70. The summed E-state index contributed by atoms with van der Waals surface area (Å²) in [7, 11) is 0. The van der Waals surface area contributed by atoms with Crippen LogP contribution in [0, 0.1) is 11.6 Å². The fourth-order valence-electron chi connectivity index (χ4n) is 1.81. The minimum atomic E-state index is -0.462. The van der Waals surface area contributed by atoms with Crippen molar-refractivity contribution in [1.82, 2.24) is 15.3 Å². The fraction of sp³-hybridized carbons (Fsp3) is 0.308. The Labute approximate surface area is 104 Å². The van der Waals surface area contributed by atoms with Gasteiger partial charge in [0, 0.05) is 18.0 Å². The van der Waals surface area contributed by atoms with Gasteiger partial charge in [0.05, 0.1) is 6.04 Å². The minimum absolute atomic E-state index is 0.262. The van der Waals surface area contributed by atoms with E-state index in [1.54, 1.807) is 12.4 Å². The number of rotatable bonds is 5. The number of nitrogens with zero attached hydrogens (tertiary/aromatic N) is 1. The lowest BCUT2D eigenvalue weighted by molar-refractivity contribution is 0.523. The van der Waals surface area contributed by atoms with Crippen LogP contribution >= 0.6 is 0 Å². The van der Waals surface area contributed by atoms with Gasteiger partial charge in [-0.15, -0.1) is 0 Å². The molecule has 5 heteroatoms. The molecule has 1 heterocycles. The maximum atomic E-state index is 13.8. The van der Waals surface area contributed by atoms with E-state index in [9.17, 15) is 8.78 Å². The predicted molar refractivity (Wildman–Crippen MR) is 65.1 cm³/mol. The lowest BCUT2D eigenvalue weighted by atomic mass is 10.1. The topological polar surface area (TPSA) is 40.7 Å². The number of benzene rings is 1. The number of hydrogen-bond acceptors (Lipinski definition) is 2. The first-order valence-corrected chi connectivity index (χ1v) is 5.90. The van der Waals surface area contributed by atoms with Crippen molar-refractivity contribution in [3.8, 4) is 0 Å². The fourth-order valence-corrected chi connectivity index (χ4v) is 1.81. The lowest BCUT2D eigenvalue weighted by Gasteiger charge is -2.17. The van der Waals surface area contributed by atoms with Gasteiger partial charge in [0.2, 0.25) is 0 Å². The summed E-state index contributed by atoms with van der Waals surface area (Å²) in [4.78, 5) is 7.04. The molecule has 1 aromatic carbocycles. The molecule has 0 aliphatic rings. The molecule has 0 spiro atoms. The summed E-state index contributed by atoms with van der Waals surface area (Å²) in [5, 5.41) is 3.16. The molecule has 0 aliphatic carbocycles. The number of aromatic nitrogens is 2. The van der Waals surface area contributed by atoms with E-state index in [0.29, 0.717) is 12.4 Å². The third-order valence-electron chi connectivity index (χ3n) is 2.66. The Morgan fingerprint density at radius 2 is 2.22 bits per heavy atom. The zero-order chi connectivity index (χ0) is 13.0. The molecular weight excluding hydrogens is 236 g/mol. The molecule has 1 atom stereocenters. The van der Waals surface area contributed by atoms with Crippen molar-refractivity contribution in [1.29, 1.82) is 0 Å². The zero-order valence-electron chi connectivity index (χ0n) is 10.1. The summed E-state index contributed by atoms with van der Waals surface area (Å²) < 4.78 is 27.0. The number of hydrogen-bond donors (Lipinski definition) is 2. The SMILES string of the molecule is CCCNC(c1ncc[nH]1)c1cc(F)ccc1F. The van der Waals surface area contributed by atoms with Gasteiger partial charge >= 0.3 is 0 Å². The molecule has 3 nitrogen and oxygen atoms in total. The van der Waals surface area contributed by atoms with E-state index < -0.39 is 17.7 Å². The number of imidazole rings is 1.